The number of anilines is 2. The maximum absolute atomic E-state index is 12.7. The van der Waals surface area contributed by atoms with Crippen molar-refractivity contribution in [2.75, 3.05) is 16.8 Å². The van der Waals surface area contributed by atoms with Crippen molar-refractivity contribution >= 4 is 17.4 Å². The van der Waals surface area contributed by atoms with Crippen LogP contribution in [0.5, 0.6) is 0 Å². The topological polar surface area (TPSA) is 45.2 Å². The van der Waals surface area contributed by atoms with Crippen LogP contribution in [0, 0.1) is 13.8 Å². The number of hydrogen-bond donors (Lipinski definition) is 1. The first-order chi connectivity index (χ1) is 12.6. The molecule has 1 aliphatic heterocycles. The van der Waals surface area contributed by atoms with Crippen molar-refractivity contribution in [3.05, 3.63) is 77.6 Å². The van der Waals surface area contributed by atoms with Gasteiger partial charge in [0.2, 0.25) is 0 Å². The molecule has 0 fully saturated rings. The van der Waals surface area contributed by atoms with Crippen LogP contribution in [0.2, 0.25) is 0 Å². The Morgan fingerprint density at radius 3 is 2.54 bits per heavy atom. The Labute approximate surface area is 153 Å². The average Bonchev–Trinajstić information content (AvgIpc) is 3.09. The molecule has 0 atom stereocenters. The third-order valence-electron chi connectivity index (χ3n) is 4.99. The van der Waals surface area contributed by atoms with Crippen LogP contribution >= 0.6 is 0 Å². The van der Waals surface area contributed by atoms with Crippen molar-refractivity contribution in [2.45, 2.75) is 20.3 Å². The monoisotopic (exact) mass is 343 g/mol. The number of pyridine rings is 1. The van der Waals surface area contributed by atoms with Gasteiger partial charge in [0.1, 0.15) is 0 Å². The molecule has 1 N–H and O–H groups in total. The van der Waals surface area contributed by atoms with Crippen LogP contribution in [-0.2, 0) is 6.42 Å². The summed E-state index contributed by atoms with van der Waals surface area (Å²) in [5.74, 6) is 0. The zero-order valence-corrected chi connectivity index (χ0v) is 15.0. The standard InChI is InChI=1S/C22H21N3O/c1-15-3-5-20(13-16(15)2)24-22(26)25-12-9-19-14-18(4-6-21(19)25)17-7-10-23-11-8-17/h3-8,10-11,13-14H,9,12H2,1-2H3,(H,24,26). The fourth-order valence-corrected chi connectivity index (χ4v) is 3.35. The number of nitrogens with one attached hydrogen (secondary N) is 1. The van der Waals surface area contributed by atoms with Crippen molar-refractivity contribution in [2.24, 2.45) is 0 Å². The molecule has 0 bridgehead atoms. The predicted octanol–water partition coefficient (Wildman–Crippen LogP) is 4.96. The molecular weight excluding hydrogens is 322 g/mol. The zero-order chi connectivity index (χ0) is 18.1. The number of benzene rings is 2. The molecule has 4 heteroatoms. The molecule has 4 rings (SSSR count). The molecule has 130 valence electrons. The molecule has 4 nitrogen and oxygen atoms in total. The first kappa shape index (κ1) is 16.3. The van der Waals surface area contributed by atoms with Crippen molar-refractivity contribution < 1.29 is 4.79 Å². The molecule has 0 unspecified atom stereocenters. The van der Waals surface area contributed by atoms with E-state index in [1.165, 1.54) is 16.7 Å². The highest BCUT2D eigenvalue weighted by Gasteiger charge is 2.25. The number of carbonyl (C=O) groups is 1. The summed E-state index contributed by atoms with van der Waals surface area (Å²) >= 11 is 0. The van der Waals surface area contributed by atoms with Gasteiger partial charge < -0.3 is 5.32 Å². The van der Waals surface area contributed by atoms with Gasteiger partial charge in [-0.2, -0.15) is 0 Å². The number of urea groups is 1. The molecule has 26 heavy (non-hydrogen) atoms. The van der Waals surface area contributed by atoms with Crippen LogP contribution in [-0.4, -0.2) is 17.6 Å². The van der Waals surface area contributed by atoms with Crippen molar-refractivity contribution in [1.29, 1.82) is 0 Å². The van der Waals surface area contributed by atoms with Crippen molar-refractivity contribution in [3.63, 3.8) is 0 Å². The Morgan fingerprint density at radius 1 is 0.962 bits per heavy atom. The number of nitrogens with zero attached hydrogens (tertiary/aromatic N) is 2. The molecule has 3 aromatic rings. The Kier molecular flexibility index (Phi) is 4.17. The summed E-state index contributed by atoms with van der Waals surface area (Å²) in [5, 5.41) is 3.02. The Hall–Kier alpha value is -3.14. The number of hydrogen-bond acceptors (Lipinski definition) is 2. The lowest BCUT2D eigenvalue weighted by Gasteiger charge is -2.19. The lowest BCUT2D eigenvalue weighted by molar-refractivity contribution is 0.257. The number of aryl methyl sites for hydroxylation is 2. The maximum Gasteiger partial charge on any atom is 0.326 e. The van der Waals surface area contributed by atoms with Crippen LogP contribution < -0.4 is 10.2 Å². The summed E-state index contributed by atoms with van der Waals surface area (Å²) in [5.41, 5.74) is 7.71. The van der Waals surface area contributed by atoms with E-state index in [9.17, 15) is 4.79 Å². The highest BCUT2D eigenvalue weighted by Crippen LogP contribution is 2.32. The summed E-state index contributed by atoms with van der Waals surface area (Å²) in [4.78, 5) is 18.6. The molecule has 0 aliphatic carbocycles. The summed E-state index contributed by atoms with van der Waals surface area (Å²) in [6.07, 6.45) is 4.46. The van der Waals surface area contributed by atoms with Crippen LogP contribution in [0.4, 0.5) is 16.2 Å². The molecule has 2 aromatic carbocycles. The fraction of sp³-hybridized carbons (Fsp3) is 0.182. The number of aromatic nitrogens is 1. The van der Waals surface area contributed by atoms with E-state index in [4.69, 9.17) is 0 Å². The van der Waals surface area contributed by atoms with Crippen molar-refractivity contribution in [3.8, 4) is 11.1 Å². The summed E-state index contributed by atoms with van der Waals surface area (Å²) in [6.45, 7) is 4.82. The van der Waals surface area contributed by atoms with E-state index in [1.807, 2.05) is 41.3 Å². The van der Waals surface area contributed by atoms with Crippen molar-refractivity contribution in [1.82, 2.24) is 4.98 Å². The smallest absolute Gasteiger partial charge is 0.308 e. The molecule has 1 aliphatic rings. The van der Waals surface area contributed by atoms with Crippen LogP contribution in [0.1, 0.15) is 16.7 Å². The Bertz CT molecular complexity index is 966. The quantitative estimate of drug-likeness (QED) is 0.715. The third-order valence-corrected chi connectivity index (χ3v) is 4.99. The van der Waals surface area contributed by atoms with Gasteiger partial charge in [0.15, 0.2) is 0 Å². The van der Waals surface area contributed by atoms with Gasteiger partial charge in [-0.05, 0) is 84.5 Å². The molecule has 0 saturated heterocycles. The minimum absolute atomic E-state index is 0.0799. The second kappa shape index (κ2) is 6.64. The average molecular weight is 343 g/mol. The number of carbonyl (C=O) groups excluding carboxylic acids is 1. The molecule has 0 spiro atoms. The first-order valence-corrected chi connectivity index (χ1v) is 8.81. The van der Waals surface area contributed by atoms with E-state index < -0.39 is 0 Å². The summed E-state index contributed by atoms with van der Waals surface area (Å²) in [7, 11) is 0. The molecule has 0 saturated carbocycles. The second-order valence-electron chi connectivity index (χ2n) is 6.71. The number of fused-ring (bicyclic) bond motifs is 1. The molecule has 0 radical (unpaired) electrons. The highest BCUT2D eigenvalue weighted by atomic mass is 16.2. The molecule has 1 aromatic heterocycles. The van der Waals surface area contributed by atoms with Crippen LogP contribution in [0.25, 0.3) is 11.1 Å². The minimum atomic E-state index is -0.0799. The van der Waals surface area contributed by atoms with E-state index in [0.29, 0.717) is 6.54 Å². The molecule has 2 heterocycles. The maximum atomic E-state index is 12.7. The normalized spacial score (nSPS) is 12.8. The lowest BCUT2D eigenvalue weighted by atomic mass is 10.0. The van der Waals surface area contributed by atoms with Gasteiger partial charge in [0.05, 0.1) is 0 Å². The molecular formula is C22H21N3O. The fourth-order valence-electron chi connectivity index (χ4n) is 3.35. The first-order valence-electron chi connectivity index (χ1n) is 8.81. The van der Waals surface area contributed by atoms with Gasteiger partial charge in [-0.3, -0.25) is 9.88 Å². The molecule has 2 amide bonds. The lowest BCUT2D eigenvalue weighted by Crippen LogP contribution is -2.33. The predicted molar refractivity (Wildman–Crippen MR) is 106 cm³/mol. The Balaban J connectivity index is 1.55. The van der Waals surface area contributed by atoms with Gasteiger partial charge in [0.25, 0.3) is 0 Å². The highest BCUT2D eigenvalue weighted by molar-refractivity contribution is 6.03. The zero-order valence-electron chi connectivity index (χ0n) is 15.0. The van der Waals surface area contributed by atoms with E-state index in [-0.39, 0.29) is 6.03 Å². The van der Waals surface area contributed by atoms with Gasteiger partial charge in [-0.15, -0.1) is 0 Å². The Morgan fingerprint density at radius 2 is 1.77 bits per heavy atom. The van der Waals surface area contributed by atoms with Gasteiger partial charge in [-0.1, -0.05) is 12.1 Å². The summed E-state index contributed by atoms with van der Waals surface area (Å²) in [6, 6.07) is 16.2. The van der Waals surface area contributed by atoms with Gasteiger partial charge >= 0.3 is 6.03 Å². The largest absolute Gasteiger partial charge is 0.326 e. The number of rotatable bonds is 2. The number of amides is 2. The van der Waals surface area contributed by atoms with E-state index >= 15 is 0 Å². The van der Waals surface area contributed by atoms with Crippen LogP contribution in [0.15, 0.2) is 60.9 Å². The third kappa shape index (κ3) is 3.06. The SMILES string of the molecule is Cc1ccc(NC(=O)N2CCc3cc(-c4ccncc4)ccc32)cc1C. The minimum Gasteiger partial charge on any atom is -0.308 e. The van der Waals surface area contributed by atoms with Gasteiger partial charge in [0, 0.05) is 30.3 Å². The van der Waals surface area contributed by atoms with Crippen LogP contribution in [0.3, 0.4) is 0 Å². The second-order valence-corrected chi connectivity index (χ2v) is 6.71. The summed E-state index contributed by atoms with van der Waals surface area (Å²) < 4.78 is 0. The van der Waals surface area contributed by atoms with E-state index in [1.54, 1.807) is 12.4 Å². The van der Waals surface area contributed by atoms with E-state index in [2.05, 4.69) is 36.3 Å². The van der Waals surface area contributed by atoms with E-state index in [0.717, 1.165) is 28.9 Å². The van der Waals surface area contributed by atoms with Gasteiger partial charge in [-0.25, -0.2) is 4.79 Å².